The van der Waals surface area contributed by atoms with Crippen LogP contribution in [0.15, 0.2) is 11.3 Å². The summed E-state index contributed by atoms with van der Waals surface area (Å²) in [5, 5.41) is 9.32. The maximum atomic E-state index is 9.32. The van der Waals surface area contributed by atoms with Crippen LogP contribution in [-0.4, -0.2) is 11.1 Å². The Morgan fingerprint density at radius 1 is 1.30 bits per heavy atom. The molecule has 0 heterocycles. The fraction of sp³-hybridized carbons (Fsp3) is 0.750. The van der Waals surface area contributed by atoms with Crippen LogP contribution >= 0.6 is 0 Å². The number of rotatable bonds is 2. The zero-order chi connectivity index (χ0) is 8.31. The highest BCUT2D eigenvalue weighted by molar-refractivity contribution is 5.08. The van der Waals surface area contributed by atoms with Gasteiger partial charge in [0.05, 0.1) is 6.04 Å². The lowest BCUT2D eigenvalue weighted by Crippen LogP contribution is -2.29. The largest absolute Gasteiger partial charge is 0.511 e. The van der Waals surface area contributed by atoms with Gasteiger partial charge >= 0.3 is 0 Å². The van der Waals surface area contributed by atoms with Crippen molar-refractivity contribution in [3.63, 3.8) is 0 Å². The standard InChI is InChI=1S/C8H17NO/c1-5(2)7(9)8(10)6(3)4/h5,7,10H,9H2,1-4H3/t7-/m1/s1. The van der Waals surface area contributed by atoms with Gasteiger partial charge in [-0.05, 0) is 25.3 Å². The van der Waals surface area contributed by atoms with Crippen molar-refractivity contribution in [2.75, 3.05) is 0 Å². The molecule has 0 aliphatic carbocycles. The molecule has 1 atom stereocenters. The van der Waals surface area contributed by atoms with Crippen molar-refractivity contribution < 1.29 is 5.11 Å². The average Bonchev–Trinajstić information content (AvgIpc) is 1.84. The highest BCUT2D eigenvalue weighted by Gasteiger charge is 2.12. The summed E-state index contributed by atoms with van der Waals surface area (Å²) in [6, 6.07) is -0.204. The van der Waals surface area contributed by atoms with Crippen molar-refractivity contribution in [2.45, 2.75) is 33.7 Å². The molecule has 60 valence electrons. The molecule has 0 fully saturated rings. The van der Waals surface area contributed by atoms with Gasteiger partial charge in [0.15, 0.2) is 0 Å². The van der Waals surface area contributed by atoms with Gasteiger partial charge in [0.2, 0.25) is 0 Å². The van der Waals surface area contributed by atoms with E-state index in [-0.39, 0.29) is 6.04 Å². The first-order valence-electron chi connectivity index (χ1n) is 3.58. The van der Waals surface area contributed by atoms with Crippen LogP contribution in [0.3, 0.4) is 0 Å². The van der Waals surface area contributed by atoms with Gasteiger partial charge in [-0.3, -0.25) is 0 Å². The van der Waals surface area contributed by atoms with Crippen LogP contribution < -0.4 is 5.73 Å². The molecule has 0 bridgehead atoms. The maximum Gasteiger partial charge on any atom is 0.108 e. The van der Waals surface area contributed by atoms with Crippen LogP contribution in [0.4, 0.5) is 0 Å². The lowest BCUT2D eigenvalue weighted by atomic mass is 10.0. The lowest BCUT2D eigenvalue weighted by molar-refractivity contribution is 0.327. The topological polar surface area (TPSA) is 46.2 Å². The maximum absolute atomic E-state index is 9.32. The molecule has 0 aromatic carbocycles. The third-order valence-corrected chi connectivity index (χ3v) is 1.55. The van der Waals surface area contributed by atoms with Crippen LogP contribution in [0, 0.1) is 5.92 Å². The van der Waals surface area contributed by atoms with E-state index in [1.165, 1.54) is 0 Å². The number of hydrogen-bond donors (Lipinski definition) is 2. The van der Waals surface area contributed by atoms with Gasteiger partial charge in [-0.2, -0.15) is 0 Å². The van der Waals surface area contributed by atoms with Gasteiger partial charge in [0.25, 0.3) is 0 Å². The van der Waals surface area contributed by atoms with E-state index in [0.29, 0.717) is 11.7 Å². The summed E-state index contributed by atoms with van der Waals surface area (Å²) >= 11 is 0. The van der Waals surface area contributed by atoms with Crippen LogP contribution in [-0.2, 0) is 0 Å². The fourth-order valence-corrected chi connectivity index (χ4v) is 0.649. The van der Waals surface area contributed by atoms with E-state index in [1.54, 1.807) is 0 Å². The summed E-state index contributed by atoms with van der Waals surface area (Å²) in [5.41, 5.74) is 6.56. The van der Waals surface area contributed by atoms with Crippen LogP contribution in [0.25, 0.3) is 0 Å². The summed E-state index contributed by atoms with van der Waals surface area (Å²) in [5.74, 6) is 0.630. The van der Waals surface area contributed by atoms with E-state index >= 15 is 0 Å². The third kappa shape index (κ3) is 2.40. The van der Waals surface area contributed by atoms with Crippen LogP contribution in [0.5, 0.6) is 0 Å². The highest BCUT2D eigenvalue weighted by Crippen LogP contribution is 2.10. The predicted octanol–water partition coefficient (Wildman–Crippen LogP) is 1.82. The fourth-order valence-electron chi connectivity index (χ4n) is 0.649. The molecule has 2 nitrogen and oxygen atoms in total. The molecule has 0 aliphatic rings. The van der Waals surface area contributed by atoms with Gasteiger partial charge in [-0.15, -0.1) is 0 Å². The van der Waals surface area contributed by atoms with E-state index in [1.807, 2.05) is 27.7 Å². The Balaban J connectivity index is 4.22. The molecule has 3 N–H and O–H groups in total. The molecule has 2 heteroatoms. The minimum atomic E-state index is -0.204. The number of aliphatic hydroxyl groups excluding tert-OH is 1. The average molecular weight is 143 g/mol. The molecule has 0 radical (unpaired) electrons. The molecule has 0 aromatic heterocycles. The zero-order valence-electron chi connectivity index (χ0n) is 7.18. The first-order chi connectivity index (χ1) is 4.46. The van der Waals surface area contributed by atoms with Gasteiger partial charge in [-0.1, -0.05) is 13.8 Å². The highest BCUT2D eigenvalue weighted by atomic mass is 16.3. The third-order valence-electron chi connectivity index (χ3n) is 1.55. The Labute approximate surface area is 62.7 Å². The van der Waals surface area contributed by atoms with E-state index in [9.17, 15) is 5.11 Å². The number of allylic oxidation sites excluding steroid dienone is 1. The molecular formula is C8H17NO. The Morgan fingerprint density at radius 3 is 1.80 bits per heavy atom. The number of hydrogen-bond acceptors (Lipinski definition) is 2. The Morgan fingerprint density at radius 2 is 1.70 bits per heavy atom. The molecule has 0 aromatic rings. The quantitative estimate of drug-likeness (QED) is 0.579. The summed E-state index contributed by atoms with van der Waals surface area (Å²) in [6.07, 6.45) is 0. The monoisotopic (exact) mass is 143 g/mol. The van der Waals surface area contributed by atoms with Crippen molar-refractivity contribution in [1.82, 2.24) is 0 Å². The van der Waals surface area contributed by atoms with Crippen molar-refractivity contribution in [3.05, 3.63) is 11.3 Å². The molecule has 0 amide bonds. The van der Waals surface area contributed by atoms with Crippen molar-refractivity contribution in [1.29, 1.82) is 0 Å². The van der Waals surface area contributed by atoms with Crippen molar-refractivity contribution in [3.8, 4) is 0 Å². The molecule has 0 saturated carbocycles. The minimum Gasteiger partial charge on any atom is -0.511 e. The Hall–Kier alpha value is -0.500. The van der Waals surface area contributed by atoms with Gasteiger partial charge in [-0.25, -0.2) is 0 Å². The summed E-state index contributed by atoms with van der Waals surface area (Å²) in [6.45, 7) is 7.70. The van der Waals surface area contributed by atoms with Crippen molar-refractivity contribution in [2.24, 2.45) is 11.7 Å². The molecule has 0 spiro atoms. The minimum absolute atomic E-state index is 0.204. The van der Waals surface area contributed by atoms with Crippen molar-refractivity contribution >= 4 is 0 Å². The van der Waals surface area contributed by atoms with E-state index in [0.717, 1.165) is 5.57 Å². The lowest BCUT2D eigenvalue weighted by Gasteiger charge is -2.15. The molecule has 0 rings (SSSR count). The number of nitrogens with two attached hydrogens (primary N) is 1. The normalized spacial score (nSPS) is 13.4. The molecular weight excluding hydrogens is 126 g/mol. The Kier molecular flexibility index (Phi) is 3.43. The SMILES string of the molecule is CC(C)=C(O)[C@H](N)C(C)C. The van der Waals surface area contributed by atoms with E-state index in [2.05, 4.69) is 0 Å². The van der Waals surface area contributed by atoms with Gasteiger partial charge in [0, 0.05) is 0 Å². The smallest absolute Gasteiger partial charge is 0.108 e. The van der Waals surface area contributed by atoms with Crippen LogP contribution in [0.2, 0.25) is 0 Å². The van der Waals surface area contributed by atoms with E-state index < -0.39 is 0 Å². The van der Waals surface area contributed by atoms with Gasteiger partial charge < -0.3 is 10.8 Å². The second-order valence-corrected chi connectivity index (χ2v) is 3.16. The Bertz CT molecular complexity index is 134. The van der Waals surface area contributed by atoms with E-state index in [4.69, 9.17) is 5.73 Å². The van der Waals surface area contributed by atoms with Gasteiger partial charge in [0.1, 0.15) is 5.76 Å². The first kappa shape index (κ1) is 9.50. The number of aliphatic hydroxyl groups is 1. The molecule has 0 saturated heterocycles. The molecule has 10 heavy (non-hydrogen) atoms. The molecule has 0 aliphatic heterocycles. The molecule has 0 unspecified atom stereocenters. The van der Waals surface area contributed by atoms with Crippen LogP contribution in [0.1, 0.15) is 27.7 Å². The predicted molar refractivity (Wildman–Crippen MR) is 43.8 cm³/mol. The summed E-state index contributed by atoms with van der Waals surface area (Å²) < 4.78 is 0. The summed E-state index contributed by atoms with van der Waals surface area (Å²) in [7, 11) is 0. The second kappa shape index (κ2) is 3.62. The second-order valence-electron chi connectivity index (χ2n) is 3.16. The summed E-state index contributed by atoms with van der Waals surface area (Å²) in [4.78, 5) is 0. The first-order valence-corrected chi connectivity index (χ1v) is 3.58. The zero-order valence-corrected chi connectivity index (χ0v) is 7.18.